The summed E-state index contributed by atoms with van der Waals surface area (Å²) < 4.78 is 28.7. The SMILES string of the molecule is CC(C)(OCC(O)COc1ccc(-c2ccc(C(C)(C)C3CCO3)cc2)cc1)c1ccc(-c2ccc(OCC3CO3)cc2)cc1. The van der Waals surface area contributed by atoms with Gasteiger partial charge in [-0.15, -0.1) is 0 Å². The molecule has 0 aliphatic carbocycles. The van der Waals surface area contributed by atoms with Crippen molar-refractivity contribution in [2.24, 2.45) is 0 Å². The summed E-state index contributed by atoms with van der Waals surface area (Å²) in [4.78, 5) is 0. The number of rotatable bonds is 14. The maximum atomic E-state index is 10.6. The van der Waals surface area contributed by atoms with Gasteiger partial charge in [-0.1, -0.05) is 86.6 Å². The van der Waals surface area contributed by atoms with Crippen LogP contribution in [0.25, 0.3) is 22.3 Å². The Hall–Kier alpha value is -3.68. The number of ether oxygens (including phenoxy) is 5. The number of hydrogen-bond acceptors (Lipinski definition) is 6. The molecule has 0 saturated carbocycles. The first kappa shape index (κ1) is 31.3. The van der Waals surface area contributed by atoms with Crippen LogP contribution in [0.1, 0.15) is 45.2 Å². The second-order valence-electron chi connectivity index (χ2n) is 13.1. The van der Waals surface area contributed by atoms with Gasteiger partial charge in [-0.3, -0.25) is 0 Å². The molecule has 4 aromatic carbocycles. The van der Waals surface area contributed by atoms with E-state index in [0.717, 1.165) is 53.2 Å². The lowest BCUT2D eigenvalue weighted by atomic mass is 9.76. The van der Waals surface area contributed by atoms with Gasteiger partial charge in [0.1, 0.15) is 36.9 Å². The molecular weight excluding hydrogens is 564 g/mol. The van der Waals surface area contributed by atoms with Crippen LogP contribution in [0.4, 0.5) is 0 Å². The maximum absolute atomic E-state index is 10.6. The molecule has 3 unspecified atom stereocenters. The molecule has 2 saturated heterocycles. The highest BCUT2D eigenvalue weighted by molar-refractivity contribution is 5.65. The van der Waals surface area contributed by atoms with Gasteiger partial charge in [0.05, 0.1) is 24.9 Å². The fraction of sp³-hybridized carbons (Fsp3) is 0.385. The van der Waals surface area contributed by atoms with Crippen molar-refractivity contribution in [3.05, 3.63) is 108 Å². The van der Waals surface area contributed by atoms with Gasteiger partial charge >= 0.3 is 0 Å². The highest BCUT2D eigenvalue weighted by Gasteiger charge is 2.36. The minimum atomic E-state index is -0.758. The second-order valence-corrected chi connectivity index (χ2v) is 13.1. The quantitative estimate of drug-likeness (QED) is 0.149. The third-order valence-electron chi connectivity index (χ3n) is 9.01. The lowest BCUT2D eigenvalue weighted by Gasteiger charge is -2.40. The summed E-state index contributed by atoms with van der Waals surface area (Å²) in [6, 6.07) is 33.2. The van der Waals surface area contributed by atoms with Crippen LogP contribution in [0.2, 0.25) is 0 Å². The first-order valence-electron chi connectivity index (χ1n) is 15.9. The van der Waals surface area contributed by atoms with Gasteiger partial charge in [-0.25, -0.2) is 0 Å². The summed E-state index contributed by atoms with van der Waals surface area (Å²) in [6.45, 7) is 11.1. The summed E-state index contributed by atoms with van der Waals surface area (Å²) in [7, 11) is 0. The van der Waals surface area contributed by atoms with E-state index in [0.29, 0.717) is 18.5 Å². The van der Waals surface area contributed by atoms with Crippen molar-refractivity contribution in [1.82, 2.24) is 0 Å². The molecule has 3 atom stereocenters. The summed E-state index contributed by atoms with van der Waals surface area (Å²) in [5.74, 6) is 1.56. The van der Waals surface area contributed by atoms with Crippen molar-refractivity contribution < 1.29 is 28.8 Å². The zero-order valence-electron chi connectivity index (χ0n) is 26.7. The fourth-order valence-corrected chi connectivity index (χ4v) is 5.62. The Morgan fingerprint density at radius 3 is 1.60 bits per heavy atom. The van der Waals surface area contributed by atoms with E-state index in [1.54, 1.807) is 0 Å². The van der Waals surface area contributed by atoms with Crippen molar-refractivity contribution >= 4 is 0 Å². The summed E-state index contributed by atoms with van der Waals surface area (Å²) in [5, 5.41) is 10.6. The minimum absolute atomic E-state index is 0.00789. The van der Waals surface area contributed by atoms with Crippen LogP contribution in [-0.2, 0) is 25.2 Å². The second kappa shape index (κ2) is 13.4. The van der Waals surface area contributed by atoms with Crippen molar-refractivity contribution in [2.75, 3.05) is 33.0 Å². The third kappa shape index (κ3) is 7.77. The standard InChI is InChI=1S/C39H44O6/c1-38(2,37-21-22-41-37)31-13-5-27(6-14-31)29-9-17-34(18-10-29)42-23-33(40)24-45-39(3,4)32-15-7-28(8-16-32)30-11-19-35(20-12-30)43-25-36-26-44-36/h5-20,33,36-37,40H,21-26H2,1-4H3. The predicted molar refractivity (Wildman–Crippen MR) is 177 cm³/mol. The number of benzene rings is 4. The molecule has 45 heavy (non-hydrogen) atoms. The molecule has 2 aliphatic rings. The van der Waals surface area contributed by atoms with Gasteiger partial charge in [-0.05, 0) is 77.9 Å². The van der Waals surface area contributed by atoms with E-state index in [1.807, 2.05) is 50.2 Å². The number of epoxide rings is 1. The van der Waals surface area contributed by atoms with Crippen LogP contribution in [0.15, 0.2) is 97.1 Å². The van der Waals surface area contributed by atoms with E-state index in [-0.39, 0.29) is 24.7 Å². The Morgan fingerprint density at radius 2 is 1.13 bits per heavy atom. The zero-order chi connectivity index (χ0) is 31.4. The molecule has 236 valence electrons. The van der Waals surface area contributed by atoms with Crippen LogP contribution in [-0.4, -0.2) is 56.5 Å². The topological polar surface area (TPSA) is 69.7 Å². The van der Waals surface area contributed by atoms with E-state index >= 15 is 0 Å². The van der Waals surface area contributed by atoms with E-state index < -0.39 is 11.7 Å². The molecule has 2 aliphatic heterocycles. The highest BCUT2D eigenvalue weighted by Crippen LogP contribution is 2.36. The van der Waals surface area contributed by atoms with E-state index in [9.17, 15) is 5.11 Å². The van der Waals surface area contributed by atoms with Gasteiger partial charge in [0.25, 0.3) is 0 Å². The van der Waals surface area contributed by atoms with Crippen molar-refractivity contribution in [1.29, 1.82) is 0 Å². The lowest BCUT2D eigenvalue weighted by Crippen LogP contribution is -2.43. The number of hydrogen-bond donors (Lipinski definition) is 1. The Labute approximate surface area is 266 Å². The van der Waals surface area contributed by atoms with Crippen LogP contribution in [0.3, 0.4) is 0 Å². The van der Waals surface area contributed by atoms with E-state index in [2.05, 4.69) is 74.5 Å². The monoisotopic (exact) mass is 608 g/mol. The maximum Gasteiger partial charge on any atom is 0.119 e. The van der Waals surface area contributed by atoms with Crippen LogP contribution >= 0.6 is 0 Å². The van der Waals surface area contributed by atoms with Gasteiger partial charge < -0.3 is 28.8 Å². The Kier molecular flexibility index (Phi) is 9.29. The molecule has 1 N–H and O–H groups in total. The Balaban J connectivity index is 0.960. The molecule has 4 aromatic rings. The minimum Gasteiger partial charge on any atom is -0.491 e. The molecule has 6 rings (SSSR count). The average Bonchev–Trinajstić information content (AvgIpc) is 3.86. The van der Waals surface area contributed by atoms with E-state index in [1.165, 1.54) is 5.56 Å². The molecule has 0 amide bonds. The molecule has 6 nitrogen and oxygen atoms in total. The smallest absolute Gasteiger partial charge is 0.119 e. The summed E-state index contributed by atoms with van der Waals surface area (Å²) >= 11 is 0. The van der Waals surface area contributed by atoms with Crippen molar-refractivity contribution in [3.63, 3.8) is 0 Å². The lowest BCUT2D eigenvalue weighted by molar-refractivity contribution is -0.0890. The molecule has 0 radical (unpaired) electrons. The fourth-order valence-electron chi connectivity index (χ4n) is 5.62. The van der Waals surface area contributed by atoms with E-state index in [4.69, 9.17) is 23.7 Å². The normalized spacial score (nSPS) is 18.6. The predicted octanol–water partition coefficient (Wildman–Crippen LogP) is 7.56. The largest absolute Gasteiger partial charge is 0.491 e. The summed E-state index contributed by atoms with van der Waals surface area (Å²) in [6.07, 6.45) is 0.898. The van der Waals surface area contributed by atoms with Crippen molar-refractivity contribution in [2.45, 2.75) is 63.4 Å². The molecule has 0 bridgehead atoms. The van der Waals surface area contributed by atoms with Gasteiger partial charge in [0, 0.05) is 12.0 Å². The van der Waals surface area contributed by atoms with Crippen molar-refractivity contribution in [3.8, 4) is 33.8 Å². The highest BCUT2D eigenvalue weighted by atomic mass is 16.6. The van der Waals surface area contributed by atoms with Crippen LogP contribution in [0, 0.1) is 0 Å². The number of aliphatic hydroxyl groups is 1. The van der Waals surface area contributed by atoms with Gasteiger partial charge in [-0.2, -0.15) is 0 Å². The first-order chi connectivity index (χ1) is 21.7. The summed E-state index contributed by atoms with van der Waals surface area (Å²) in [5.41, 5.74) is 6.27. The molecule has 0 aromatic heterocycles. The first-order valence-corrected chi connectivity index (χ1v) is 15.9. The molecule has 6 heteroatoms. The average molecular weight is 609 g/mol. The molecule has 2 heterocycles. The van der Waals surface area contributed by atoms with Gasteiger partial charge in [0.15, 0.2) is 0 Å². The Morgan fingerprint density at radius 1 is 0.667 bits per heavy atom. The molecule has 2 fully saturated rings. The molecule has 0 spiro atoms. The van der Waals surface area contributed by atoms with Gasteiger partial charge in [0.2, 0.25) is 0 Å². The molecular formula is C39H44O6. The number of aliphatic hydroxyl groups excluding tert-OH is 1. The van der Waals surface area contributed by atoms with Crippen LogP contribution < -0.4 is 9.47 Å². The zero-order valence-corrected chi connectivity index (χ0v) is 26.7. The van der Waals surface area contributed by atoms with Crippen LogP contribution in [0.5, 0.6) is 11.5 Å². The third-order valence-corrected chi connectivity index (χ3v) is 9.01. The Bertz CT molecular complexity index is 1520.